The molecule has 4 rings (SSSR count). The van der Waals surface area contributed by atoms with E-state index >= 15 is 0 Å². The number of hydrogen-bond acceptors (Lipinski definition) is 8. The number of likely N-dealkylation sites (N-methyl/N-ethyl adjacent to an activating group) is 1. The van der Waals surface area contributed by atoms with Crippen molar-refractivity contribution in [3.05, 3.63) is 52.7 Å². The highest BCUT2D eigenvalue weighted by molar-refractivity contribution is 7.22. The van der Waals surface area contributed by atoms with E-state index in [1.165, 1.54) is 11.3 Å². The number of rotatable bonds is 8. The predicted octanol–water partition coefficient (Wildman–Crippen LogP) is 5.14. The normalized spacial score (nSPS) is 11.3. The number of carbonyl (C=O) groups is 1. The van der Waals surface area contributed by atoms with Gasteiger partial charge in [-0.3, -0.25) is 9.69 Å². The third-order valence-electron chi connectivity index (χ3n) is 5.35. The van der Waals surface area contributed by atoms with Crippen LogP contribution < -0.4 is 14.4 Å². The van der Waals surface area contributed by atoms with Gasteiger partial charge in [0.15, 0.2) is 5.13 Å². The van der Waals surface area contributed by atoms with Crippen molar-refractivity contribution in [2.24, 2.45) is 0 Å². The van der Waals surface area contributed by atoms with Crippen LogP contribution in [0.25, 0.3) is 21.5 Å². The Morgan fingerprint density at radius 3 is 2.47 bits per heavy atom. The minimum absolute atomic E-state index is 0.271. The highest BCUT2D eigenvalue weighted by Crippen LogP contribution is 2.41. The summed E-state index contributed by atoms with van der Waals surface area (Å²) in [5.74, 6) is 1.41. The molecule has 0 aliphatic heterocycles. The highest BCUT2D eigenvalue weighted by atomic mass is 35.5. The van der Waals surface area contributed by atoms with Crippen molar-refractivity contribution in [3.63, 3.8) is 0 Å². The number of hydrogen-bond donors (Lipinski definition) is 0. The maximum atomic E-state index is 14.0. The average molecular weight is 501 g/mol. The van der Waals surface area contributed by atoms with E-state index in [0.717, 1.165) is 4.70 Å². The van der Waals surface area contributed by atoms with Crippen molar-refractivity contribution in [1.82, 2.24) is 15.0 Å². The summed E-state index contributed by atoms with van der Waals surface area (Å²) < 4.78 is 17.3. The molecule has 0 bridgehead atoms. The van der Waals surface area contributed by atoms with Gasteiger partial charge in [-0.25, -0.2) is 4.98 Å². The highest BCUT2D eigenvalue weighted by Gasteiger charge is 2.30. The molecule has 0 radical (unpaired) electrons. The Hall–Kier alpha value is -3.14. The third-order valence-corrected chi connectivity index (χ3v) is 6.77. The molecule has 2 heterocycles. The fraction of sp³-hybridized carbons (Fsp3) is 0.292. The molecule has 8 nitrogen and oxygen atoms in total. The first-order valence-corrected chi connectivity index (χ1v) is 11.7. The summed E-state index contributed by atoms with van der Waals surface area (Å²) in [7, 11) is 7.09. The Morgan fingerprint density at radius 1 is 1.09 bits per heavy atom. The van der Waals surface area contributed by atoms with Gasteiger partial charge in [-0.05, 0) is 39.2 Å². The Labute approximate surface area is 206 Å². The standard InChI is InChI=1S/C24H25ClN4O4S/c1-14-19(20(27-33-14)15-8-6-7-9-16(15)25)23(30)29(13-12-28(2)3)24-26-21-17(31-4)10-11-18(32-5)22(21)34-24/h6-11H,12-13H2,1-5H3. The van der Waals surface area contributed by atoms with Gasteiger partial charge >= 0.3 is 0 Å². The van der Waals surface area contributed by atoms with Crippen LogP contribution in [0.2, 0.25) is 5.02 Å². The summed E-state index contributed by atoms with van der Waals surface area (Å²) in [6.07, 6.45) is 0. The first kappa shape index (κ1) is 24.0. The largest absolute Gasteiger partial charge is 0.495 e. The molecule has 0 aliphatic carbocycles. The monoisotopic (exact) mass is 500 g/mol. The Bertz CT molecular complexity index is 1290. The molecule has 2 aromatic carbocycles. The smallest absolute Gasteiger partial charge is 0.266 e. The number of halogens is 1. The third kappa shape index (κ3) is 4.46. The second kappa shape index (κ2) is 10.0. The van der Waals surface area contributed by atoms with Crippen LogP contribution in [-0.4, -0.2) is 62.4 Å². The van der Waals surface area contributed by atoms with Crippen molar-refractivity contribution in [3.8, 4) is 22.8 Å². The summed E-state index contributed by atoms with van der Waals surface area (Å²) >= 11 is 7.78. The lowest BCUT2D eigenvalue weighted by Gasteiger charge is -2.22. The molecule has 34 heavy (non-hydrogen) atoms. The minimum Gasteiger partial charge on any atom is -0.495 e. The molecule has 0 saturated heterocycles. The van der Waals surface area contributed by atoms with Gasteiger partial charge in [0.1, 0.15) is 38.7 Å². The van der Waals surface area contributed by atoms with Crippen molar-refractivity contribution in [2.45, 2.75) is 6.92 Å². The van der Waals surface area contributed by atoms with Crippen LogP contribution in [0.5, 0.6) is 11.5 Å². The number of thiazole rings is 1. The van der Waals surface area contributed by atoms with E-state index in [1.54, 1.807) is 38.2 Å². The van der Waals surface area contributed by atoms with E-state index in [0.29, 0.717) is 62.8 Å². The SMILES string of the molecule is COc1ccc(OC)c2sc(N(CCN(C)C)C(=O)c3c(-c4ccccc4Cl)noc3C)nc12. The van der Waals surface area contributed by atoms with Gasteiger partial charge in [-0.1, -0.05) is 46.3 Å². The molecule has 0 saturated carbocycles. The summed E-state index contributed by atoms with van der Waals surface area (Å²) in [5.41, 5.74) is 2.02. The van der Waals surface area contributed by atoms with Crippen LogP contribution in [0.15, 0.2) is 40.9 Å². The topological polar surface area (TPSA) is 80.9 Å². The molecule has 0 N–H and O–H groups in total. The van der Waals surface area contributed by atoms with Crippen molar-refractivity contribution in [1.29, 1.82) is 0 Å². The molecular weight excluding hydrogens is 476 g/mol. The van der Waals surface area contributed by atoms with Crippen molar-refractivity contribution < 1.29 is 18.8 Å². The molecule has 0 unspecified atom stereocenters. The van der Waals surface area contributed by atoms with Gasteiger partial charge in [0.25, 0.3) is 5.91 Å². The summed E-state index contributed by atoms with van der Waals surface area (Å²) in [6, 6.07) is 10.9. The lowest BCUT2D eigenvalue weighted by Crippen LogP contribution is -2.37. The number of fused-ring (bicyclic) bond motifs is 1. The van der Waals surface area contributed by atoms with Gasteiger partial charge in [0.2, 0.25) is 0 Å². The first-order chi connectivity index (χ1) is 16.3. The van der Waals surface area contributed by atoms with E-state index in [4.69, 9.17) is 30.6 Å². The van der Waals surface area contributed by atoms with Gasteiger partial charge in [-0.15, -0.1) is 0 Å². The number of aryl methyl sites for hydroxylation is 1. The Morgan fingerprint density at radius 2 is 1.79 bits per heavy atom. The number of aromatic nitrogens is 2. The second-order valence-corrected chi connectivity index (χ2v) is 9.23. The lowest BCUT2D eigenvalue weighted by atomic mass is 10.1. The molecule has 10 heteroatoms. The van der Waals surface area contributed by atoms with Crippen molar-refractivity contribution >= 4 is 44.2 Å². The quantitative estimate of drug-likeness (QED) is 0.331. The molecular formula is C24H25ClN4O4S. The predicted molar refractivity (Wildman–Crippen MR) is 135 cm³/mol. The van der Waals surface area contributed by atoms with Gasteiger partial charge in [0, 0.05) is 18.7 Å². The minimum atomic E-state index is -0.271. The van der Waals surface area contributed by atoms with Crippen LogP contribution in [0.1, 0.15) is 16.1 Å². The number of methoxy groups -OCH3 is 2. The van der Waals surface area contributed by atoms with Crippen LogP contribution in [0, 0.1) is 6.92 Å². The number of benzene rings is 2. The van der Waals surface area contributed by atoms with Gasteiger partial charge < -0.3 is 18.9 Å². The number of nitrogens with zero attached hydrogens (tertiary/aromatic N) is 4. The average Bonchev–Trinajstić information content (AvgIpc) is 3.42. The Kier molecular flexibility index (Phi) is 7.06. The summed E-state index contributed by atoms with van der Waals surface area (Å²) in [6.45, 7) is 2.75. The molecule has 0 fully saturated rings. The van der Waals surface area contributed by atoms with E-state index in [1.807, 2.05) is 43.3 Å². The molecule has 178 valence electrons. The van der Waals surface area contributed by atoms with Gasteiger partial charge in [0.05, 0.1) is 19.2 Å². The zero-order valence-corrected chi connectivity index (χ0v) is 21.2. The number of amides is 1. The second-order valence-electron chi connectivity index (χ2n) is 7.85. The number of ether oxygens (including phenoxy) is 2. The molecule has 4 aromatic rings. The zero-order chi connectivity index (χ0) is 24.4. The van der Waals surface area contributed by atoms with E-state index < -0.39 is 0 Å². The maximum absolute atomic E-state index is 14.0. The molecule has 1 amide bonds. The molecule has 0 aliphatic rings. The number of anilines is 1. The van der Waals surface area contributed by atoms with E-state index in [-0.39, 0.29) is 5.91 Å². The van der Waals surface area contributed by atoms with Crippen LogP contribution in [-0.2, 0) is 0 Å². The van der Waals surface area contributed by atoms with Gasteiger partial charge in [-0.2, -0.15) is 0 Å². The first-order valence-electron chi connectivity index (χ1n) is 10.5. The van der Waals surface area contributed by atoms with E-state index in [2.05, 4.69) is 5.16 Å². The zero-order valence-electron chi connectivity index (χ0n) is 19.6. The maximum Gasteiger partial charge on any atom is 0.266 e. The molecule has 2 aromatic heterocycles. The van der Waals surface area contributed by atoms with Crippen molar-refractivity contribution in [2.75, 3.05) is 46.3 Å². The molecule has 0 atom stereocenters. The fourth-order valence-electron chi connectivity index (χ4n) is 3.57. The number of carbonyl (C=O) groups excluding carboxylic acids is 1. The summed E-state index contributed by atoms with van der Waals surface area (Å²) in [5, 5.41) is 5.17. The van der Waals surface area contributed by atoms with Crippen LogP contribution in [0.3, 0.4) is 0 Å². The summed E-state index contributed by atoms with van der Waals surface area (Å²) in [4.78, 5) is 22.4. The van der Waals surface area contributed by atoms with Crippen LogP contribution >= 0.6 is 22.9 Å². The Balaban J connectivity index is 1.85. The fourth-order valence-corrected chi connectivity index (χ4v) is 4.89. The van der Waals surface area contributed by atoms with Crippen LogP contribution in [0.4, 0.5) is 5.13 Å². The lowest BCUT2D eigenvalue weighted by molar-refractivity contribution is 0.0984. The van der Waals surface area contributed by atoms with E-state index in [9.17, 15) is 4.79 Å². The molecule has 0 spiro atoms.